The van der Waals surface area contributed by atoms with E-state index >= 15 is 0 Å². The minimum absolute atomic E-state index is 0.0243. The molecule has 0 bridgehead atoms. The van der Waals surface area contributed by atoms with Gasteiger partial charge in [0.05, 0.1) is 5.69 Å². The number of aromatic nitrogens is 2. The van der Waals surface area contributed by atoms with Gasteiger partial charge in [-0.05, 0) is 74.8 Å². The molecule has 0 saturated carbocycles. The van der Waals surface area contributed by atoms with Gasteiger partial charge in [-0.15, -0.1) is 0 Å². The topological polar surface area (TPSA) is 88.2 Å². The van der Waals surface area contributed by atoms with Gasteiger partial charge in [0.1, 0.15) is 11.6 Å². The molecule has 172 valence electrons. The SMILES string of the molecule is CCC1CCC(CC(=O)Nc2cc(-c3cccc(NCC4CCOCC4)n3)ccn2)CN1. The summed E-state index contributed by atoms with van der Waals surface area (Å²) >= 11 is 0. The van der Waals surface area contributed by atoms with E-state index in [1.165, 1.54) is 0 Å². The first-order valence-corrected chi connectivity index (χ1v) is 12.0. The third-order valence-corrected chi connectivity index (χ3v) is 6.57. The smallest absolute Gasteiger partial charge is 0.225 e. The number of carbonyl (C=O) groups excluding carboxylic acids is 1. The second-order valence-corrected chi connectivity index (χ2v) is 8.98. The molecule has 2 aromatic heterocycles. The predicted octanol–water partition coefficient (Wildman–Crippen LogP) is 4.09. The van der Waals surface area contributed by atoms with Crippen LogP contribution in [0.2, 0.25) is 0 Å². The Balaban J connectivity index is 1.32. The normalized spacial score (nSPS) is 21.8. The number of hydrogen-bond acceptors (Lipinski definition) is 6. The van der Waals surface area contributed by atoms with Crippen molar-refractivity contribution in [3.8, 4) is 11.3 Å². The van der Waals surface area contributed by atoms with E-state index in [4.69, 9.17) is 9.72 Å². The monoisotopic (exact) mass is 437 g/mol. The molecule has 1 amide bonds. The molecule has 2 saturated heterocycles. The quantitative estimate of drug-likeness (QED) is 0.577. The number of piperidine rings is 1. The van der Waals surface area contributed by atoms with Gasteiger partial charge >= 0.3 is 0 Å². The van der Waals surface area contributed by atoms with E-state index in [0.717, 1.165) is 75.5 Å². The summed E-state index contributed by atoms with van der Waals surface area (Å²) in [5.74, 6) is 2.48. The van der Waals surface area contributed by atoms with Gasteiger partial charge in [0.25, 0.3) is 0 Å². The van der Waals surface area contributed by atoms with Gasteiger partial charge in [0.2, 0.25) is 5.91 Å². The van der Waals surface area contributed by atoms with Gasteiger partial charge < -0.3 is 20.7 Å². The number of nitrogens with one attached hydrogen (secondary N) is 3. The second-order valence-electron chi connectivity index (χ2n) is 8.98. The molecule has 2 unspecified atom stereocenters. The van der Waals surface area contributed by atoms with Crippen LogP contribution >= 0.6 is 0 Å². The van der Waals surface area contributed by atoms with Crippen LogP contribution in [0.25, 0.3) is 11.3 Å². The Morgan fingerprint density at radius 1 is 1.12 bits per heavy atom. The van der Waals surface area contributed by atoms with Crippen LogP contribution in [0, 0.1) is 11.8 Å². The summed E-state index contributed by atoms with van der Waals surface area (Å²) in [5.41, 5.74) is 1.80. The van der Waals surface area contributed by atoms with Gasteiger partial charge in [-0.2, -0.15) is 0 Å². The molecule has 2 atom stereocenters. The Bertz CT molecular complexity index is 876. The van der Waals surface area contributed by atoms with Gasteiger partial charge in [-0.3, -0.25) is 4.79 Å². The average Bonchev–Trinajstić information content (AvgIpc) is 2.84. The fourth-order valence-corrected chi connectivity index (χ4v) is 4.50. The van der Waals surface area contributed by atoms with Gasteiger partial charge in [0.15, 0.2) is 0 Å². The van der Waals surface area contributed by atoms with E-state index in [-0.39, 0.29) is 5.91 Å². The van der Waals surface area contributed by atoms with E-state index in [1.807, 2.05) is 30.3 Å². The van der Waals surface area contributed by atoms with Crippen LogP contribution in [-0.4, -0.2) is 48.2 Å². The molecule has 0 spiro atoms. The lowest BCUT2D eigenvalue weighted by molar-refractivity contribution is -0.117. The Kier molecular flexibility index (Phi) is 8.07. The summed E-state index contributed by atoms with van der Waals surface area (Å²) in [6, 6.07) is 10.4. The Morgan fingerprint density at radius 2 is 2.00 bits per heavy atom. The van der Waals surface area contributed by atoms with Crippen LogP contribution in [0.4, 0.5) is 11.6 Å². The first kappa shape index (κ1) is 22.7. The van der Waals surface area contributed by atoms with E-state index < -0.39 is 0 Å². The van der Waals surface area contributed by atoms with Crippen molar-refractivity contribution in [2.75, 3.05) is 36.9 Å². The lowest BCUT2D eigenvalue weighted by Crippen LogP contribution is -2.39. The number of hydrogen-bond donors (Lipinski definition) is 3. The van der Waals surface area contributed by atoms with Crippen molar-refractivity contribution in [2.45, 2.75) is 51.5 Å². The molecule has 4 heterocycles. The summed E-state index contributed by atoms with van der Waals surface area (Å²) in [5, 5.41) is 9.98. The first-order chi connectivity index (χ1) is 15.7. The number of nitrogens with zero attached hydrogens (tertiary/aromatic N) is 2. The van der Waals surface area contributed by atoms with Gasteiger partial charge in [-0.1, -0.05) is 13.0 Å². The van der Waals surface area contributed by atoms with Gasteiger partial charge in [-0.25, -0.2) is 9.97 Å². The highest BCUT2D eigenvalue weighted by Crippen LogP contribution is 2.23. The van der Waals surface area contributed by atoms with Crippen molar-refractivity contribution in [3.63, 3.8) is 0 Å². The fourth-order valence-electron chi connectivity index (χ4n) is 4.50. The van der Waals surface area contributed by atoms with Crippen molar-refractivity contribution in [1.29, 1.82) is 0 Å². The zero-order valence-corrected chi connectivity index (χ0v) is 19.0. The standard InChI is InChI=1S/C25H35N5O2/c1-2-21-7-6-19(17-27-21)14-25(31)30-24-15-20(8-11-26-24)22-4-3-5-23(29-22)28-16-18-9-12-32-13-10-18/h3-5,8,11,15,18-19,21,27H,2,6-7,9-10,12-14,16-17H2,1H3,(H,28,29)(H,26,30,31). The molecule has 4 rings (SSSR count). The van der Waals surface area contributed by atoms with E-state index in [0.29, 0.717) is 30.1 Å². The summed E-state index contributed by atoms with van der Waals surface area (Å²) in [6.45, 7) is 5.73. The molecule has 2 aliphatic heterocycles. The lowest BCUT2D eigenvalue weighted by atomic mass is 9.91. The van der Waals surface area contributed by atoms with Crippen molar-refractivity contribution in [1.82, 2.24) is 15.3 Å². The van der Waals surface area contributed by atoms with Crippen molar-refractivity contribution < 1.29 is 9.53 Å². The van der Waals surface area contributed by atoms with E-state index in [9.17, 15) is 4.79 Å². The van der Waals surface area contributed by atoms with Crippen LogP contribution < -0.4 is 16.0 Å². The summed E-state index contributed by atoms with van der Waals surface area (Å²) in [6.07, 6.45) is 7.83. The number of amides is 1. The maximum atomic E-state index is 12.6. The first-order valence-electron chi connectivity index (χ1n) is 12.0. The van der Waals surface area contributed by atoms with Gasteiger partial charge in [0, 0.05) is 44.0 Å². The highest BCUT2D eigenvalue weighted by atomic mass is 16.5. The molecule has 2 aromatic rings. The van der Waals surface area contributed by atoms with Crippen LogP contribution in [-0.2, 0) is 9.53 Å². The molecule has 32 heavy (non-hydrogen) atoms. The minimum atomic E-state index is 0.0243. The average molecular weight is 438 g/mol. The summed E-state index contributed by atoms with van der Waals surface area (Å²) in [4.78, 5) is 21.7. The van der Waals surface area contributed by atoms with Crippen molar-refractivity contribution >= 4 is 17.5 Å². The number of anilines is 2. The maximum Gasteiger partial charge on any atom is 0.225 e. The molecule has 0 aromatic carbocycles. The molecular weight excluding hydrogens is 402 g/mol. The predicted molar refractivity (Wildman–Crippen MR) is 128 cm³/mol. The van der Waals surface area contributed by atoms with E-state index in [1.54, 1.807) is 6.20 Å². The third-order valence-electron chi connectivity index (χ3n) is 6.57. The largest absolute Gasteiger partial charge is 0.381 e. The van der Waals surface area contributed by atoms with Crippen molar-refractivity contribution in [2.24, 2.45) is 11.8 Å². The second kappa shape index (κ2) is 11.4. The number of pyridine rings is 2. The Hall–Kier alpha value is -2.51. The van der Waals surface area contributed by atoms with Crippen LogP contribution in [0.1, 0.15) is 45.4 Å². The minimum Gasteiger partial charge on any atom is -0.381 e. The molecule has 3 N–H and O–H groups in total. The van der Waals surface area contributed by atoms with Crippen LogP contribution in [0.3, 0.4) is 0 Å². The Morgan fingerprint density at radius 3 is 2.78 bits per heavy atom. The maximum absolute atomic E-state index is 12.6. The molecule has 2 fully saturated rings. The molecular formula is C25H35N5O2. The molecule has 7 nitrogen and oxygen atoms in total. The number of ether oxygens (including phenoxy) is 1. The number of rotatable bonds is 8. The third kappa shape index (κ3) is 6.50. The van der Waals surface area contributed by atoms with Crippen LogP contribution in [0.15, 0.2) is 36.5 Å². The van der Waals surface area contributed by atoms with E-state index in [2.05, 4.69) is 27.9 Å². The Labute approximate surface area is 190 Å². The highest BCUT2D eigenvalue weighted by molar-refractivity contribution is 5.90. The van der Waals surface area contributed by atoms with Crippen LogP contribution in [0.5, 0.6) is 0 Å². The molecule has 0 radical (unpaired) electrons. The molecule has 0 aliphatic carbocycles. The molecule has 2 aliphatic rings. The number of carbonyl (C=O) groups is 1. The lowest BCUT2D eigenvalue weighted by Gasteiger charge is -2.28. The zero-order chi connectivity index (χ0) is 22.2. The van der Waals surface area contributed by atoms with Crippen molar-refractivity contribution in [3.05, 3.63) is 36.5 Å². The molecule has 7 heteroatoms. The zero-order valence-electron chi connectivity index (χ0n) is 19.0. The summed E-state index contributed by atoms with van der Waals surface area (Å²) in [7, 11) is 0. The highest BCUT2D eigenvalue weighted by Gasteiger charge is 2.21. The summed E-state index contributed by atoms with van der Waals surface area (Å²) < 4.78 is 5.44. The fraction of sp³-hybridized carbons (Fsp3) is 0.560.